The van der Waals surface area contributed by atoms with Crippen molar-refractivity contribution in [1.29, 1.82) is 0 Å². The summed E-state index contributed by atoms with van der Waals surface area (Å²) in [6.07, 6.45) is 2.76. The Morgan fingerprint density at radius 3 is 1.85 bits per heavy atom. The maximum atomic E-state index is 5.67. The summed E-state index contributed by atoms with van der Waals surface area (Å²) < 4.78 is 5.67. The molecule has 1 fully saturated rings. The zero-order chi connectivity index (χ0) is 10.3. The highest BCUT2D eigenvalue weighted by Gasteiger charge is 2.46. The monoisotopic (exact) mass is 214 g/mol. The SMILES string of the molecule is C[Si](C)(C)/C=C/[C@@H]1O[C@H]1[Si](C)(C)C. The zero-order valence-electron chi connectivity index (χ0n) is 9.72. The molecule has 1 aliphatic rings. The first-order valence-electron chi connectivity index (χ1n) is 5.05. The largest absolute Gasteiger partial charge is 0.369 e. The predicted molar refractivity (Wildman–Crippen MR) is 64.5 cm³/mol. The smallest absolute Gasteiger partial charge is 0.0985 e. The molecule has 0 aromatic heterocycles. The van der Waals surface area contributed by atoms with E-state index in [2.05, 4.69) is 51.1 Å². The van der Waals surface area contributed by atoms with E-state index in [0.29, 0.717) is 11.8 Å². The highest BCUT2D eigenvalue weighted by Crippen LogP contribution is 2.32. The second-order valence-corrected chi connectivity index (χ2v) is 16.5. The summed E-state index contributed by atoms with van der Waals surface area (Å²) in [5, 5.41) is 0. The first-order chi connectivity index (χ1) is 5.70. The fraction of sp³-hybridized carbons (Fsp3) is 0.800. The van der Waals surface area contributed by atoms with Crippen LogP contribution in [0.4, 0.5) is 0 Å². The minimum atomic E-state index is -1.04. The first kappa shape index (κ1) is 11.2. The first-order valence-corrected chi connectivity index (χ1v) is 12.2. The third-order valence-electron chi connectivity index (χ3n) is 2.16. The second-order valence-electron chi connectivity index (χ2n) is 6.11. The van der Waals surface area contributed by atoms with Crippen LogP contribution in [0.2, 0.25) is 39.3 Å². The average molecular weight is 214 g/mol. The number of hydrogen-bond acceptors (Lipinski definition) is 1. The van der Waals surface area contributed by atoms with E-state index in [1.165, 1.54) is 0 Å². The Morgan fingerprint density at radius 2 is 1.54 bits per heavy atom. The molecule has 3 heteroatoms. The van der Waals surface area contributed by atoms with E-state index in [1.807, 2.05) is 0 Å². The predicted octanol–water partition coefficient (Wildman–Crippen LogP) is 3.06. The van der Waals surface area contributed by atoms with E-state index in [1.54, 1.807) is 0 Å². The number of ether oxygens (including phenoxy) is 1. The molecule has 1 heterocycles. The highest BCUT2D eigenvalue weighted by atomic mass is 28.3. The van der Waals surface area contributed by atoms with E-state index in [4.69, 9.17) is 4.74 Å². The van der Waals surface area contributed by atoms with Gasteiger partial charge in [-0.05, 0) is 0 Å². The van der Waals surface area contributed by atoms with Crippen LogP contribution in [0, 0.1) is 0 Å². The summed E-state index contributed by atoms with van der Waals surface area (Å²) in [5.41, 5.74) is 2.98. The van der Waals surface area contributed by atoms with E-state index in [-0.39, 0.29) is 0 Å². The third kappa shape index (κ3) is 3.79. The minimum Gasteiger partial charge on any atom is -0.369 e. The molecule has 0 saturated carbocycles. The van der Waals surface area contributed by atoms with Crippen LogP contribution >= 0.6 is 0 Å². The quantitative estimate of drug-likeness (QED) is 0.520. The summed E-state index contributed by atoms with van der Waals surface area (Å²) in [6, 6.07) is 0. The van der Waals surface area contributed by atoms with Gasteiger partial charge in [-0.25, -0.2) is 0 Å². The van der Waals surface area contributed by atoms with Crippen LogP contribution in [-0.4, -0.2) is 28.0 Å². The van der Waals surface area contributed by atoms with Gasteiger partial charge in [0.1, 0.15) is 0 Å². The molecule has 13 heavy (non-hydrogen) atoms. The third-order valence-corrected chi connectivity index (χ3v) is 5.53. The Labute approximate surface area is 84.2 Å². The molecular formula is C10H22OSi2. The van der Waals surface area contributed by atoms with E-state index in [0.717, 1.165) is 0 Å². The lowest BCUT2D eigenvalue weighted by atomic mass is 10.5. The van der Waals surface area contributed by atoms with Crippen molar-refractivity contribution in [3.05, 3.63) is 11.8 Å². The van der Waals surface area contributed by atoms with Gasteiger partial charge in [-0.15, -0.1) is 0 Å². The molecule has 1 rings (SSSR count). The van der Waals surface area contributed by atoms with Crippen molar-refractivity contribution >= 4 is 16.1 Å². The summed E-state index contributed by atoms with van der Waals surface area (Å²) in [7, 11) is -2.05. The lowest BCUT2D eigenvalue weighted by molar-refractivity contribution is 0.421. The van der Waals surface area contributed by atoms with Crippen LogP contribution in [-0.2, 0) is 4.74 Å². The average Bonchev–Trinajstić information content (AvgIpc) is 2.57. The van der Waals surface area contributed by atoms with E-state index >= 15 is 0 Å². The fourth-order valence-electron chi connectivity index (χ4n) is 1.35. The number of epoxide rings is 1. The Balaban J connectivity index is 2.41. The zero-order valence-corrected chi connectivity index (χ0v) is 11.7. The van der Waals surface area contributed by atoms with Gasteiger partial charge in [0.05, 0.1) is 28.0 Å². The summed E-state index contributed by atoms with van der Waals surface area (Å²) in [4.78, 5) is 0. The summed E-state index contributed by atoms with van der Waals surface area (Å²) >= 11 is 0. The molecular weight excluding hydrogens is 192 g/mol. The van der Waals surface area contributed by atoms with Crippen LogP contribution in [0.5, 0.6) is 0 Å². The van der Waals surface area contributed by atoms with Crippen LogP contribution in [0.25, 0.3) is 0 Å². The van der Waals surface area contributed by atoms with Crippen molar-refractivity contribution in [2.75, 3.05) is 0 Å². The van der Waals surface area contributed by atoms with Gasteiger partial charge >= 0.3 is 0 Å². The Morgan fingerprint density at radius 1 is 1.00 bits per heavy atom. The molecule has 0 spiro atoms. The topological polar surface area (TPSA) is 12.5 Å². The maximum absolute atomic E-state index is 5.67. The van der Waals surface area contributed by atoms with Crippen LogP contribution < -0.4 is 0 Å². The standard InChI is InChI=1S/C10H22OSi2/c1-12(2,3)8-7-9-10(11-9)13(4,5)6/h7-10H,1-6H3/b8-7+/t9-,10-/m0/s1. The van der Waals surface area contributed by atoms with Crippen LogP contribution in [0.3, 0.4) is 0 Å². The van der Waals surface area contributed by atoms with Gasteiger partial charge < -0.3 is 4.74 Å². The molecule has 76 valence electrons. The van der Waals surface area contributed by atoms with Crippen molar-refractivity contribution in [2.24, 2.45) is 0 Å². The number of rotatable bonds is 3. The van der Waals surface area contributed by atoms with Crippen LogP contribution in [0.15, 0.2) is 11.8 Å². The van der Waals surface area contributed by atoms with Gasteiger partial charge in [0.15, 0.2) is 0 Å². The van der Waals surface area contributed by atoms with E-state index < -0.39 is 16.1 Å². The van der Waals surface area contributed by atoms with Gasteiger partial charge in [-0.3, -0.25) is 0 Å². The molecule has 2 atom stereocenters. The van der Waals surface area contributed by atoms with Crippen molar-refractivity contribution in [2.45, 2.75) is 51.1 Å². The van der Waals surface area contributed by atoms with Crippen molar-refractivity contribution in [3.8, 4) is 0 Å². The van der Waals surface area contributed by atoms with Gasteiger partial charge in [-0.2, -0.15) is 0 Å². The molecule has 0 N–H and O–H groups in total. The molecule has 0 amide bonds. The van der Waals surface area contributed by atoms with Gasteiger partial charge in [0.2, 0.25) is 0 Å². The highest BCUT2D eigenvalue weighted by molar-refractivity contribution is 6.81. The van der Waals surface area contributed by atoms with Crippen molar-refractivity contribution in [1.82, 2.24) is 0 Å². The Kier molecular flexibility index (Phi) is 2.90. The summed E-state index contributed by atoms with van der Waals surface area (Å²) in [6.45, 7) is 14.2. The minimum absolute atomic E-state index is 0.457. The summed E-state index contributed by atoms with van der Waals surface area (Å²) in [5.74, 6) is 0. The van der Waals surface area contributed by atoms with Crippen molar-refractivity contribution in [3.63, 3.8) is 0 Å². The maximum Gasteiger partial charge on any atom is 0.0985 e. The molecule has 0 unspecified atom stereocenters. The fourth-order valence-corrected chi connectivity index (χ4v) is 3.78. The Hall–Kier alpha value is 0.134. The molecule has 1 nitrogen and oxygen atoms in total. The molecule has 0 aromatic rings. The van der Waals surface area contributed by atoms with Crippen LogP contribution in [0.1, 0.15) is 0 Å². The van der Waals surface area contributed by atoms with Gasteiger partial charge in [0.25, 0.3) is 0 Å². The lowest BCUT2D eigenvalue weighted by Gasteiger charge is -2.11. The molecule has 0 bridgehead atoms. The van der Waals surface area contributed by atoms with Crippen molar-refractivity contribution < 1.29 is 4.74 Å². The van der Waals surface area contributed by atoms with Gasteiger partial charge in [-0.1, -0.05) is 51.1 Å². The Bertz CT molecular complexity index is 210. The molecule has 1 saturated heterocycles. The van der Waals surface area contributed by atoms with Gasteiger partial charge in [0, 0.05) is 0 Å². The van der Waals surface area contributed by atoms with E-state index in [9.17, 15) is 0 Å². The molecule has 0 aliphatic carbocycles. The second kappa shape index (κ2) is 3.37. The normalized spacial score (nSPS) is 29.7. The molecule has 0 radical (unpaired) electrons. The number of hydrogen-bond donors (Lipinski definition) is 0. The molecule has 0 aromatic carbocycles. The molecule has 1 aliphatic heterocycles. The lowest BCUT2D eigenvalue weighted by Crippen LogP contribution is -2.30.